The molecule has 100 valence electrons. The predicted octanol–water partition coefficient (Wildman–Crippen LogP) is 3.53. The number of rotatable bonds is 2. The van der Waals surface area contributed by atoms with E-state index in [0.29, 0.717) is 24.5 Å². The Bertz CT molecular complexity index is 517. The Morgan fingerprint density at radius 1 is 1.00 bits per heavy atom. The van der Waals surface area contributed by atoms with Crippen LogP contribution < -0.4 is 9.47 Å². The fourth-order valence-corrected chi connectivity index (χ4v) is 2.59. The number of hydrogen-bond acceptors (Lipinski definition) is 3. The summed E-state index contributed by atoms with van der Waals surface area (Å²) in [5, 5.41) is 0. The first-order chi connectivity index (χ1) is 9.34. The quantitative estimate of drug-likeness (QED) is 0.761. The van der Waals surface area contributed by atoms with Crippen molar-refractivity contribution in [3.8, 4) is 11.5 Å². The lowest BCUT2D eigenvalue weighted by Crippen LogP contribution is -2.16. The van der Waals surface area contributed by atoms with Crippen LogP contribution in [0.3, 0.4) is 0 Å². The van der Waals surface area contributed by atoms with Crippen LogP contribution in [0.1, 0.15) is 42.5 Å². The van der Waals surface area contributed by atoms with Gasteiger partial charge in [0, 0.05) is 5.56 Å². The number of allylic oxidation sites excluding steroid dienone is 2. The molecule has 19 heavy (non-hydrogen) atoms. The maximum Gasteiger partial charge on any atom is 0.188 e. The summed E-state index contributed by atoms with van der Waals surface area (Å²) in [6.07, 6.45) is 7.54. The first-order valence-electron chi connectivity index (χ1n) is 6.98. The normalized spacial score (nSPS) is 18.4. The summed E-state index contributed by atoms with van der Waals surface area (Å²) < 4.78 is 11.0. The van der Waals surface area contributed by atoms with Crippen molar-refractivity contribution in [2.75, 3.05) is 13.2 Å². The standard InChI is InChI=1S/C16H18O3/c17-16(12-5-3-1-2-4-6-12)13-7-8-14-15(11-13)19-10-9-18-14/h5,7-8,11H,1-4,6,9-10H2. The molecule has 1 aromatic carbocycles. The zero-order valence-electron chi connectivity index (χ0n) is 11.0. The molecule has 0 amide bonds. The van der Waals surface area contributed by atoms with E-state index in [1.807, 2.05) is 18.2 Å². The van der Waals surface area contributed by atoms with E-state index < -0.39 is 0 Å². The van der Waals surface area contributed by atoms with Crippen molar-refractivity contribution >= 4 is 5.78 Å². The van der Waals surface area contributed by atoms with Gasteiger partial charge >= 0.3 is 0 Å². The summed E-state index contributed by atoms with van der Waals surface area (Å²) >= 11 is 0. The fourth-order valence-electron chi connectivity index (χ4n) is 2.59. The molecule has 1 heterocycles. The smallest absolute Gasteiger partial charge is 0.188 e. The average molecular weight is 258 g/mol. The predicted molar refractivity (Wildman–Crippen MR) is 72.9 cm³/mol. The molecule has 0 radical (unpaired) electrons. The van der Waals surface area contributed by atoms with Gasteiger partial charge < -0.3 is 9.47 Å². The first kappa shape index (κ1) is 12.3. The van der Waals surface area contributed by atoms with Crippen molar-refractivity contribution < 1.29 is 14.3 Å². The van der Waals surface area contributed by atoms with E-state index in [0.717, 1.165) is 30.6 Å². The third kappa shape index (κ3) is 2.65. The molecule has 3 heteroatoms. The SMILES string of the molecule is O=C(C1=CCCCCC1)c1ccc2c(c1)OCCO2. The molecule has 1 aliphatic heterocycles. The first-order valence-corrected chi connectivity index (χ1v) is 6.98. The zero-order valence-corrected chi connectivity index (χ0v) is 11.0. The molecular formula is C16H18O3. The molecule has 2 aliphatic rings. The van der Waals surface area contributed by atoms with Crippen LogP contribution in [0.2, 0.25) is 0 Å². The maximum absolute atomic E-state index is 12.5. The topological polar surface area (TPSA) is 35.5 Å². The summed E-state index contributed by atoms with van der Waals surface area (Å²) in [7, 11) is 0. The van der Waals surface area contributed by atoms with Gasteiger partial charge in [-0.15, -0.1) is 0 Å². The summed E-state index contributed by atoms with van der Waals surface area (Å²) in [6.45, 7) is 1.12. The Hall–Kier alpha value is -1.77. The Balaban J connectivity index is 1.85. The largest absolute Gasteiger partial charge is 0.486 e. The van der Waals surface area contributed by atoms with Gasteiger partial charge in [0.15, 0.2) is 17.3 Å². The number of fused-ring (bicyclic) bond motifs is 1. The minimum Gasteiger partial charge on any atom is -0.486 e. The van der Waals surface area contributed by atoms with E-state index in [4.69, 9.17) is 9.47 Å². The highest BCUT2D eigenvalue weighted by atomic mass is 16.6. The molecule has 1 aromatic rings. The Morgan fingerprint density at radius 2 is 1.84 bits per heavy atom. The van der Waals surface area contributed by atoms with Crippen LogP contribution in [-0.2, 0) is 0 Å². The molecule has 3 rings (SSSR count). The van der Waals surface area contributed by atoms with Crippen molar-refractivity contribution in [3.63, 3.8) is 0 Å². The van der Waals surface area contributed by atoms with Gasteiger partial charge in [0.2, 0.25) is 0 Å². The number of ketones is 1. The van der Waals surface area contributed by atoms with E-state index in [-0.39, 0.29) is 5.78 Å². The Labute approximate surface area is 113 Å². The van der Waals surface area contributed by atoms with E-state index in [1.54, 1.807) is 0 Å². The molecule has 0 unspecified atom stereocenters. The molecule has 0 fully saturated rings. The number of benzene rings is 1. The van der Waals surface area contributed by atoms with E-state index in [9.17, 15) is 4.79 Å². The molecule has 1 aliphatic carbocycles. The second-order valence-electron chi connectivity index (χ2n) is 5.02. The third-order valence-corrected chi connectivity index (χ3v) is 3.64. The van der Waals surface area contributed by atoms with E-state index >= 15 is 0 Å². The molecule has 3 nitrogen and oxygen atoms in total. The minimum absolute atomic E-state index is 0.138. The molecule has 0 saturated carbocycles. The van der Waals surface area contributed by atoms with Crippen molar-refractivity contribution in [1.29, 1.82) is 0 Å². The van der Waals surface area contributed by atoms with Gasteiger partial charge in [0.05, 0.1) is 0 Å². The van der Waals surface area contributed by atoms with Crippen LogP contribution in [-0.4, -0.2) is 19.0 Å². The lowest BCUT2D eigenvalue weighted by atomic mass is 9.99. The Kier molecular flexibility index (Phi) is 3.53. The molecule has 0 aromatic heterocycles. The van der Waals surface area contributed by atoms with Crippen LogP contribution in [0, 0.1) is 0 Å². The summed E-state index contributed by atoms with van der Waals surface area (Å²) in [5.74, 6) is 1.56. The number of ether oxygens (including phenoxy) is 2. The van der Waals surface area contributed by atoms with Crippen LogP contribution in [0.5, 0.6) is 11.5 Å². The molecule has 0 atom stereocenters. The average Bonchev–Trinajstić information content (AvgIpc) is 2.75. The third-order valence-electron chi connectivity index (χ3n) is 3.64. The van der Waals surface area contributed by atoms with Crippen molar-refractivity contribution in [3.05, 3.63) is 35.4 Å². The highest BCUT2D eigenvalue weighted by Gasteiger charge is 2.18. The summed E-state index contributed by atoms with van der Waals surface area (Å²) in [4.78, 5) is 12.5. The molecule has 0 N–H and O–H groups in total. The van der Waals surface area contributed by atoms with Gasteiger partial charge in [-0.3, -0.25) is 4.79 Å². The molecular weight excluding hydrogens is 240 g/mol. The summed E-state index contributed by atoms with van der Waals surface area (Å²) in [5.41, 5.74) is 1.66. The lowest BCUT2D eigenvalue weighted by Gasteiger charge is -2.18. The van der Waals surface area contributed by atoms with Gasteiger partial charge in [0.25, 0.3) is 0 Å². The highest BCUT2D eigenvalue weighted by Crippen LogP contribution is 2.32. The van der Waals surface area contributed by atoms with E-state index in [2.05, 4.69) is 6.08 Å². The second kappa shape index (κ2) is 5.47. The van der Waals surface area contributed by atoms with Crippen LogP contribution >= 0.6 is 0 Å². The fraction of sp³-hybridized carbons (Fsp3) is 0.438. The maximum atomic E-state index is 12.5. The van der Waals surface area contributed by atoms with Crippen LogP contribution in [0.4, 0.5) is 0 Å². The van der Waals surface area contributed by atoms with Crippen LogP contribution in [0.15, 0.2) is 29.8 Å². The minimum atomic E-state index is 0.138. The van der Waals surface area contributed by atoms with Gasteiger partial charge in [-0.25, -0.2) is 0 Å². The van der Waals surface area contributed by atoms with Crippen molar-refractivity contribution in [1.82, 2.24) is 0 Å². The van der Waals surface area contributed by atoms with Crippen LogP contribution in [0.25, 0.3) is 0 Å². The molecule has 0 bridgehead atoms. The number of hydrogen-bond donors (Lipinski definition) is 0. The number of carbonyl (C=O) groups excluding carboxylic acids is 1. The monoisotopic (exact) mass is 258 g/mol. The Morgan fingerprint density at radius 3 is 2.74 bits per heavy atom. The molecule has 0 saturated heterocycles. The van der Waals surface area contributed by atoms with Gasteiger partial charge in [-0.1, -0.05) is 12.5 Å². The molecule has 0 spiro atoms. The van der Waals surface area contributed by atoms with Crippen molar-refractivity contribution in [2.24, 2.45) is 0 Å². The van der Waals surface area contributed by atoms with Gasteiger partial charge in [-0.2, -0.15) is 0 Å². The number of carbonyl (C=O) groups is 1. The van der Waals surface area contributed by atoms with Gasteiger partial charge in [0.1, 0.15) is 13.2 Å². The van der Waals surface area contributed by atoms with Crippen molar-refractivity contribution in [2.45, 2.75) is 32.1 Å². The number of Topliss-reactive ketones (excluding diaryl/α,β-unsaturated/α-hetero) is 1. The van der Waals surface area contributed by atoms with Gasteiger partial charge in [-0.05, 0) is 49.5 Å². The summed E-state index contributed by atoms with van der Waals surface area (Å²) in [6, 6.07) is 5.48. The lowest BCUT2D eigenvalue weighted by molar-refractivity contribution is 0.102. The zero-order chi connectivity index (χ0) is 13.1. The van der Waals surface area contributed by atoms with E-state index in [1.165, 1.54) is 12.8 Å². The highest BCUT2D eigenvalue weighted by molar-refractivity contribution is 6.09. The second-order valence-corrected chi connectivity index (χ2v) is 5.02.